The molecule has 27 heavy (non-hydrogen) atoms. The summed E-state index contributed by atoms with van der Waals surface area (Å²) in [4.78, 5) is 7.61. The van der Waals surface area contributed by atoms with E-state index in [1.54, 1.807) is 7.05 Å². The van der Waals surface area contributed by atoms with Crippen LogP contribution in [0.3, 0.4) is 0 Å². The maximum atomic E-state index is 12.4. The quantitative estimate of drug-likeness (QED) is 0.234. The topological polar surface area (TPSA) is 92.7 Å². The van der Waals surface area contributed by atoms with Crippen LogP contribution in [0.15, 0.2) is 23.3 Å². The molecule has 156 valence electrons. The fraction of sp³-hybridized carbons (Fsp3) is 0.600. The molecule has 0 fully saturated rings. The highest BCUT2D eigenvalue weighted by molar-refractivity contribution is 14.0. The van der Waals surface area contributed by atoms with E-state index in [9.17, 15) is 21.6 Å². The van der Waals surface area contributed by atoms with Crippen LogP contribution in [0, 0.1) is 0 Å². The van der Waals surface area contributed by atoms with Crippen LogP contribution in [0.1, 0.15) is 18.9 Å². The predicted octanol–water partition coefficient (Wildman–Crippen LogP) is 2.09. The normalized spacial score (nSPS) is 13.5. The molecule has 0 bridgehead atoms. The van der Waals surface area contributed by atoms with Gasteiger partial charge in [0.05, 0.1) is 17.9 Å². The Bertz CT molecular complexity index is 697. The number of guanidine groups is 1. The number of hydrogen-bond acceptors (Lipinski definition) is 5. The van der Waals surface area contributed by atoms with Gasteiger partial charge in [-0.15, -0.1) is 24.0 Å². The highest BCUT2D eigenvalue weighted by atomic mass is 127. The molecule has 0 spiro atoms. The minimum absolute atomic E-state index is 0. The zero-order chi connectivity index (χ0) is 19.8. The van der Waals surface area contributed by atoms with Crippen molar-refractivity contribution in [1.82, 2.24) is 15.6 Å². The number of aromatic nitrogens is 1. The minimum atomic E-state index is -4.43. The summed E-state index contributed by atoms with van der Waals surface area (Å²) in [6, 6.07) is 1.96. The molecule has 0 aliphatic heterocycles. The summed E-state index contributed by atoms with van der Waals surface area (Å²) in [5.74, 6) is 0.625. The number of hydrogen-bond donors (Lipinski definition) is 2. The second-order valence-corrected chi connectivity index (χ2v) is 7.95. The molecule has 12 heteroatoms. The van der Waals surface area contributed by atoms with Crippen molar-refractivity contribution in [1.29, 1.82) is 0 Å². The molecule has 7 nitrogen and oxygen atoms in total. The van der Waals surface area contributed by atoms with E-state index in [1.807, 2.05) is 6.92 Å². The third-order valence-electron chi connectivity index (χ3n) is 3.24. The lowest BCUT2D eigenvalue weighted by molar-refractivity contribution is -0.137. The summed E-state index contributed by atoms with van der Waals surface area (Å²) in [6.07, 6.45) is -2.10. The Morgan fingerprint density at radius 1 is 1.37 bits per heavy atom. The van der Waals surface area contributed by atoms with Crippen LogP contribution >= 0.6 is 24.0 Å². The van der Waals surface area contributed by atoms with Crippen LogP contribution < -0.4 is 15.4 Å². The molecular formula is C15H24F3IN4O3S. The van der Waals surface area contributed by atoms with Crippen molar-refractivity contribution >= 4 is 39.8 Å². The molecule has 1 unspecified atom stereocenters. The number of nitrogens with zero attached hydrogens (tertiary/aromatic N) is 2. The zero-order valence-corrected chi connectivity index (χ0v) is 18.4. The van der Waals surface area contributed by atoms with Gasteiger partial charge in [0.1, 0.15) is 16.4 Å². The van der Waals surface area contributed by atoms with Crippen molar-refractivity contribution in [2.75, 3.05) is 32.2 Å². The summed E-state index contributed by atoms with van der Waals surface area (Å²) in [5.41, 5.74) is -0.837. The molecule has 1 rings (SSSR count). The Morgan fingerprint density at radius 2 is 2.04 bits per heavy atom. The zero-order valence-electron chi connectivity index (χ0n) is 15.2. The van der Waals surface area contributed by atoms with Crippen LogP contribution in [0.2, 0.25) is 0 Å². The van der Waals surface area contributed by atoms with Crippen LogP contribution in [-0.4, -0.2) is 57.6 Å². The molecule has 0 saturated carbocycles. The molecule has 0 aromatic carbocycles. The van der Waals surface area contributed by atoms with Gasteiger partial charge in [0.25, 0.3) is 0 Å². The molecule has 1 aromatic rings. The molecule has 2 N–H and O–H groups in total. The molecule has 1 heterocycles. The predicted molar refractivity (Wildman–Crippen MR) is 108 cm³/mol. The maximum absolute atomic E-state index is 12.4. The third kappa shape index (κ3) is 11.2. The van der Waals surface area contributed by atoms with Gasteiger partial charge in [0, 0.05) is 31.6 Å². The lowest BCUT2D eigenvalue weighted by Crippen LogP contribution is -2.44. The van der Waals surface area contributed by atoms with Crippen molar-refractivity contribution < 1.29 is 26.3 Å². The van der Waals surface area contributed by atoms with E-state index in [0.717, 1.165) is 12.1 Å². The molecule has 0 radical (unpaired) electrons. The second-order valence-electron chi connectivity index (χ2n) is 5.69. The van der Waals surface area contributed by atoms with Gasteiger partial charge in [-0.25, -0.2) is 13.4 Å². The molecule has 1 aromatic heterocycles. The van der Waals surface area contributed by atoms with Gasteiger partial charge < -0.3 is 15.4 Å². The van der Waals surface area contributed by atoms with Gasteiger partial charge in [0.15, 0.2) is 5.96 Å². The van der Waals surface area contributed by atoms with Gasteiger partial charge in [-0.1, -0.05) is 0 Å². The number of nitrogens with one attached hydrogen (secondary N) is 2. The first-order valence-corrected chi connectivity index (χ1v) is 9.88. The molecule has 0 aliphatic rings. The number of alkyl halides is 3. The monoisotopic (exact) mass is 524 g/mol. The largest absolute Gasteiger partial charge is 0.476 e. The van der Waals surface area contributed by atoms with Crippen LogP contribution in [-0.2, 0) is 16.0 Å². The fourth-order valence-electron chi connectivity index (χ4n) is 1.85. The number of pyridine rings is 1. The number of sulfone groups is 1. The molecular weight excluding hydrogens is 500 g/mol. The van der Waals surface area contributed by atoms with E-state index in [4.69, 9.17) is 4.74 Å². The third-order valence-corrected chi connectivity index (χ3v) is 4.21. The average molecular weight is 524 g/mol. The van der Waals surface area contributed by atoms with Crippen molar-refractivity contribution in [2.24, 2.45) is 4.99 Å². The highest BCUT2D eigenvalue weighted by Gasteiger charge is 2.30. The molecule has 0 saturated heterocycles. The lowest BCUT2D eigenvalue weighted by Gasteiger charge is -2.17. The van der Waals surface area contributed by atoms with Crippen molar-refractivity contribution in [3.8, 4) is 5.88 Å². The SMILES string of the molecule is CN=C(NCCOc1ccc(C(F)(F)F)cn1)NC(C)CCS(C)(=O)=O.I. The number of halogens is 4. The fourth-order valence-corrected chi connectivity index (χ4v) is 2.63. The van der Waals surface area contributed by atoms with E-state index in [1.165, 1.54) is 6.26 Å². The highest BCUT2D eigenvalue weighted by Crippen LogP contribution is 2.29. The van der Waals surface area contributed by atoms with Crippen molar-refractivity contribution in [2.45, 2.75) is 25.6 Å². The van der Waals surface area contributed by atoms with E-state index in [2.05, 4.69) is 20.6 Å². The maximum Gasteiger partial charge on any atom is 0.417 e. The first kappa shape index (κ1) is 25.7. The average Bonchev–Trinajstić information content (AvgIpc) is 2.54. The van der Waals surface area contributed by atoms with E-state index >= 15 is 0 Å². The summed E-state index contributed by atoms with van der Waals surface area (Å²) in [7, 11) is -1.46. The Labute approximate surface area is 174 Å². The van der Waals surface area contributed by atoms with Crippen molar-refractivity contribution in [3.63, 3.8) is 0 Å². The smallest absolute Gasteiger partial charge is 0.417 e. The Kier molecular flexibility index (Phi) is 11.0. The second kappa shape index (κ2) is 11.5. The van der Waals surface area contributed by atoms with E-state index in [-0.39, 0.29) is 48.3 Å². The number of aliphatic imine (C=N–C) groups is 1. The van der Waals surface area contributed by atoms with Gasteiger partial charge in [0.2, 0.25) is 5.88 Å². The van der Waals surface area contributed by atoms with Gasteiger partial charge in [-0.3, -0.25) is 4.99 Å². The number of rotatable bonds is 8. The minimum Gasteiger partial charge on any atom is -0.476 e. The van der Waals surface area contributed by atoms with Crippen molar-refractivity contribution in [3.05, 3.63) is 23.9 Å². The van der Waals surface area contributed by atoms with Gasteiger partial charge in [-0.2, -0.15) is 13.2 Å². The number of ether oxygens (including phenoxy) is 1. The summed E-state index contributed by atoms with van der Waals surface area (Å²) in [6.45, 7) is 2.33. The summed E-state index contributed by atoms with van der Waals surface area (Å²) in [5, 5.41) is 6.00. The molecule has 1 atom stereocenters. The van der Waals surface area contributed by atoms with Crippen LogP contribution in [0.25, 0.3) is 0 Å². The Hall–Kier alpha value is -1.31. The van der Waals surface area contributed by atoms with E-state index < -0.39 is 21.6 Å². The van der Waals surface area contributed by atoms with Crippen LogP contribution in [0.5, 0.6) is 5.88 Å². The van der Waals surface area contributed by atoms with Crippen LogP contribution in [0.4, 0.5) is 13.2 Å². The summed E-state index contributed by atoms with van der Waals surface area (Å²) < 4.78 is 64.9. The lowest BCUT2D eigenvalue weighted by atomic mass is 10.3. The van der Waals surface area contributed by atoms with E-state index in [0.29, 0.717) is 25.1 Å². The standard InChI is InChI=1S/C15H23F3N4O3S.HI/c1-11(6-9-26(3,23)24)22-14(19-2)20-7-8-25-13-5-4-12(10-21-13)15(16,17)18;/h4-5,10-11H,6-9H2,1-3H3,(H2,19,20,22);1H. The Balaban J connectivity index is 0.00000676. The van der Waals surface area contributed by atoms with Gasteiger partial charge in [-0.05, 0) is 19.4 Å². The Morgan fingerprint density at radius 3 is 2.52 bits per heavy atom. The summed E-state index contributed by atoms with van der Waals surface area (Å²) >= 11 is 0. The molecule has 0 aliphatic carbocycles. The van der Waals surface area contributed by atoms with Gasteiger partial charge >= 0.3 is 6.18 Å². The molecule has 0 amide bonds. The first-order valence-electron chi connectivity index (χ1n) is 7.82. The first-order chi connectivity index (χ1) is 12.0.